The molecule has 0 unspecified atom stereocenters. The second-order valence-electron chi connectivity index (χ2n) is 6.02. The largest absolute Gasteiger partial charge is 0.405 e. The van der Waals surface area contributed by atoms with Gasteiger partial charge >= 0.3 is 6.18 Å². The van der Waals surface area contributed by atoms with Crippen LogP contribution in [-0.4, -0.2) is 44.6 Å². The number of rotatable bonds is 5. The molecule has 3 aromatic heterocycles. The van der Waals surface area contributed by atoms with Crippen molar-refractivity contribution in [3.63, 3.8) is 0 Å². The molecule has 0 radical (unpaired) electrons. The van der Waals surface area contributed by atoms with E-state index in [-0.39, 0.29) is 17.2 Å². The highest BCUT2D eigenvalue weighted by Crippen LogP contribution is 2.28. The minimum absolute atomic E-state index is 0.0106. The predicted molar refractivity (Wildman–Crippen MR) is 99.0 cm³/mol. The van der Waals surface area contributed by atoms with Gasteiger partial charge in [-0.1, -0.05) is 11.6 Å². The molecule has 3 aromatic rings. The van der Waals surface area contributed by atoms with Crippen molar-refractivity contribution >= 4 is 34.4 Å². The molecular formula is C17H13ClF3N7O. The second kappa shape index (κ2) is 7.92. The molecule has 0 aliphatic heterocycles. The average molecular weight is 424 g/mol. The number of carbonyl (C=O) groups is 1. The third-order valence-corrected chi connectivity index (χ3v) is 4.06. The normalized spacial score (nSPS) is 12.4. The number of nitriles is 1. The summed E-state index contributed by atoms with van der Waals surface area (Å²) in [6.45, 7) is -0.106. The van der Waals surface area contributed by atoms with Crippen molar-refractivity contribution < 1.29 is 18.0 Å². The maximum absolute atomic E-state index is 12.3. The molecule has 0 saturated heterocycles. The number of hydrogen-bond donors (Lipinski definition) is 3. The smallest absolute Gasteiger partial charge is 0.357 e. The van der Waals surface area contributed by atoms with Gasteiger partial charge in [0.15, 0.2) is 5.82 Å². The Morgan fingerprint density at radius 1 is 1.38 bits per heavy atom. The van der Waals surface area contributed by atoms with Crippen molar-refractivity contribution in [3.8, 4) is 17.5 Å². The van der Waals surface area contributed by atoms with E-state index in [0.29, 0.717) is 21.6 Å². The number of H-pyrrole nitrogens is 1. The molecule has 12 heteroatoms. The summed E-state index contributed by atoms with van der Waals surface area (Å²) in [5.41, 5.74) is 1.13. The lowest BCUT2D eigenvalue weighted by atomic mass is 10.2. The number of nitrogens with one attached hydrogen (secondary N) is 3. The van der Waals surface area contributed by atoms with Gasteiger partial charge in [0.2, 0.25) is 5.91 Å². The lowest BCUT2D eigenvalue weighted by molar-refractivity contribution is -0.138. The number of pyridine rings is 1. The van der Waals surface area contributed by atoms with Crippen molar-refractivity contribution in [2.45, 2.75) is 19.1 Å². The Labute approximate surface area is 167 Å². The molecule has 29 heavy (non-hydrogen) atoms. The summed E-state index contributed by atoms with van der Waals surface area (Å²) in [5, 5.41) is 14.7. The fraction of sp³-hybridized carbons (Fsp3) is 0.235. The molecule has 3 N–H and O–H groups in total. The molecule has 3 heterocycles. The number of aromatic nitrogens is 4. The maximum Gasteiger partial charge on any atom is 0.405 e. The first-order valence-corrected chi connectivity index (χ1v) is 8.57. The van der Waals surface area contributed by atoms with Gasteiger partial charge in [-0.25, -0.2) is 15.0 Å². The van der Waals surface area contributed by atoms with Crippen molar-refractivity contribution in [3.05, 3.63) is 35.2 Å². The molecule has 0 bridgehead atoms. The van der Waals surface area contributed by atoms with Crippen LogP contribution in [0.4, 0.5) is 19.0 Å². The van der Waals surface area contributed by atoms with Crippen LogP contribution in [0, 0.1) is 11.3 Å². The van der Waals surface area contributed by atoms with Crippen molar-refractivity contribution in [2.24, 2.45) is 0 Å². The number of carbonyl (C=O) groups excluding carboxylic acids is 1. The van der Waals surface area contributed by atoms with Crippen molar-refractivity contribution in [1.29, 1.82) is 5.26 Å². The molecule has 3 rings (SSSR count). The summed E-state index contributed by atoms with van der Waals surface area (Å²) in [5.74, 6) is -0.671. The van der Waals surface area contributed by atoms with Crippen LogP contribution in [0.15, 0.2) is 24.7 Å². The lowest BCUT2D eigenvalue weighted by Crippen LogP contribution is -2.42. The maximum atomic E-state index is 12.3. The summed E-state index contributed by atoms with van der Waals surface area (Å²) in [4.78, 5) is 27.4. The van der Waals surface area contributed by atoms with E-state index < -0.39 is 24.7 Å². The zero-order valence-electron chi connectivity index (χ0n) is 14.8. The highest BCUT2D eigenvalue weighted by Gasteiger charge is 2.29. The van der Waals surface area contributed by atoms with Crippen LogP contribution in [0.5, 0.6) is 0 Å². The van der Waals surface area contributed by atoms with Gasteiger partial charge in [-0.2, -0.15) is 18.4 Å². The van der Waals surface area contributed by atoms with Crippen LogP contribution in [0.25, 0.3) is 22.4 Å². The number of hydrogen-bond acceptors (Lipinski definition) is 6. The zero-order valence-corrected chi connectivity index (χ0v) is 15.6. The number of alkyl halides is 3. The standard InChI is InChI=1S/C17H13ClF3N7O/c1-8(16(29)26-7-17(19,20)21)27-13-9(3-22)4-23-15(28-13)12-6-25-14-11(12)2-10(18)5-24-14/h2,4-6,8H,7H2,1H3,(H,24,25)(H,26,29)(H,23,27,28)/t8-/m0/s1. The van der Waals surface area contributed by atoms with E-state index in [1.54, 1.807) is 17.6 Å². The molecule has 0 aromatic carbocycles. The van der Waals surface area contributed by atoms with Crippen LogP contribution >= 0.6 is 11.6 Å². The highest BCUT2D eigenvalue weighted by molar-refractivity contribution is 6.31. The van der Waals surface area contributed by atoms with Crippen molar-refractivity contribution in [2.75, 3.05) is 11.9 Å². The van der Waals surface area contributed by atoms with Crippen LogP contribution in [-0.2, 0) is 4.79 Å². The van der Waals surface area contributed by atoms with Gasteiger partial charge in [-0.3, -0.25) is 4.79 Å². The average Bonchev–Trinajstić information content (AvgIpc) is 3.08. The van der Waals surface area contributed by atoms with E-state index in [1.807, 2.05) is 6.07 Å². The quantitative estimate of drug-likeness (QED) is 0.580. The Hall–Kier alpha value is -3.39. The molecule has 0 aliphatic carbocycles. The molecule has 1 amide bonds. The summed E-state index contributed by atoms with van der Waals surface area (Å²) in [7, 11) is 0. The van der Waals surface area contributed by atoms with Gasteiger partial charge in [0.25, 0.3) is 0 Å². The number of fused-ring (bicyclic) bond motifs is 1. The second-order valence-corrected chi connectivity index (χ2v) is 6.46. The van der Waals surface area contributed by atoms with E-state index >= 15 is 0 Å². The Morgan fingerprint density at radius 2 is 2.14 bits per heavy atom. The monoisotopic (exact) mass is 423 g/mol. The van der Waals surface area contributed by atoms with Gasteiger partial charge in [0, 0.05) is 23.3 Å². The third-order valence-electron chi connectivity index (χ3n) is 3.86. The minimum atomic E-state index is -4.53. The van der Waals surface area contributed by atoms with Gasteiger partial charge in [0.05, 0.1) is 11.2 Å². The Morgan fingerprint density at radius 3 is 2.83 bits per heavy atom. The summed E-state index contributed by atoms with van der Waals surface area (Å²) < 4.78 is 36.8. The molecule has 0 aliphatic rings. The van der Waals surface area contributed by atoms with E-state index in [0.717, 1.165) is 0 Å². The summed E-state index contributed by atoms with van der Waals surface area (Å²) >= 11 is 5.98. The van der Waals surface area contributed by atoms with Crippen molar-refractivity contribution in [1.82, 2.24) is 25.3 Å². The van der Waals surface area contributed by atoms with Crippen LogP contribution in [0.3, 0.4) is 0 Å². The van der Waals surface area contributed by atoms with E-state index in [2.05, 4.69) is 25.3 Å². The summed E-state index contributed by atoms with van der Waals surface area (Å²) in [6, 6.07) is 2.46. The molecule has 8 nitrogen and oxygen atoms in total. The molecule has 150 valence electrons. The molecule has 0 fully saturated rings. The Kier molecular flexibility index (Phi) is 5.56. The predicted octanol–water partition coefficient (Wildman–Crippen LogP) is 3.02. The van der Waals surface area contributed by atoms with Crippen LogP contribution < -0.4 is 10.6 Å². The molecule has 1 atom stereocenters. The van der Waals surface area contributed by atoms with E-state index in [9.17, 15) is 23.2 Å². The van der Waals surface area contributed by atoms with Gasteiger partial charge in [-0.15, -0.1) is 0 Å². The topological polar surface area (TPSA) is 119 Å². The summed E-state index contributed by atoms with van der Waals surface area (Å²) in [6.07, 6.45) is -0.196. The molecule has 0 spiro atoms. The number of aromatic amines is 1. The zero-order chi connectivity index (χ0) is 21.2. The fourth-order valence-corrected chi connectivity index (χ4v) is 2.64. The first kappa shape index (κ1) is 20.3. The number of halogens is 4. The van der Waals surface area contributed by atoms with E-state index in [1.165, 1.54) is 19.3 Å². The van der Waals surface area contributed by atoms with E-state index in [4.69, 9.17) is 11.6 Å². The van der Waals surface area contributed by atoms with Crippen LogP contribution in [0.1, 0.15) is 12.5 Å². The molecular weight excluding hydrogens is 411 g/mol. The third kappa shape index (κ3) is 4.72. The van der Waals surface area contributed by atoms with Gasteiger partial charge in [0.1, 0.15) is 35.7 Å². The number of nitrogens with zero attached hydrogens (tertiary/aromatic N) is 4. The lowest BCUT2D eigenvalue weighted by Gasteiger charge is -2.16. The van der Waals surface area contributed by atoms with Crippen LogP contribution in [0.2, 0.25) is 5.02 Å². The highest BCUT2D eigenvalue weighted by atomic mass is 35.5. The first-order chi connectivity index (χ1) is 13.7. The Balaban J connectivity index is 1.88. The van der Waals surface area contributed by atoms with Gasteiger partial charge < -0.3 is 15.6 Å². The number of anilines is 1. The molecule has 0 saturated carbocycles. The van der Waals surface area contributed by atoms with Gasteiger partial charge in [-0.05, 0) is 13.0 Å². The minimum Gasteiger partial charge on any atom is -0.357 e. The first-order valence-electron chi connectivity index (χ1n) is 8.19. The Bertz CT molecular complexity index is 1110. The SMILES string of the molecule is C[C@H](Nc1nc(-c2c[nH]c3ncc(Cl)cc23)ncc1C#N)C(=O)NCC(F)(F)F. The number of amides is 1. The fourth-order valence-electron chi connectivity index (χ4n) is 2.48.